The lowest BCUT2D eigenvalue weighted by Crippen LogP contribution is -2.00. The van der Waals surface area contributed by atoms with Crippen molar-refractivity contribution < 1.29 is 9.53 Å². The summed E-state index contributed by atoms with van der Waals surface area (Å²) in [6, 6.07) is 0. The van der Waals surface area contributed by atoms with E-state index >= 15 is 0 Å². The minimum Gasteiger partial charge on any atom is -0.465 e. The average Bonchev–Trinajstić information content (AvgIpc) is 1.87. The van der Waals surface area contributed by atoms with Gasteiger partial charge in [-0.2, -0.15) is 0 Å². The molecule has 0 unspecified atom stereocenters. The van der Waals surface area contributed by atoms with Crippen LogP contribution in [0.1, 0.15) is 20.3 Å². The van der Waals surface area contributed by atoms with Crippen LogP contribution in [-0.4, -0.2) is 25.3 Å². The third-order valence-electron chi connectivity index (χ3n) is 0.864. The number of carbonyl (C=O) groups excluding carboxylic acids is 1. The Hall–Kier alpha value is -0.860. The predicted octanol–water partition coefficient (Wildman–Crippen LogP) is 1.03. The normalized spacial score (nSPS) is 10.2. The first-order valence-electron chi connectivity index (χ1n) is 3.39. The Morgan fingerprint density at radius 3 is 2.90 bits per heavy atom. The molecule has 0 saturated carbocycles. The standard InChI is InChI=1S/C7H13NO2/c1-3-8-5-4-6-10-7(2)9/h5H,3-4,6H2,1-2H3. The van der Waals surface area contributed by atoms with Crippen molar-refractivity contribution in [1.82, 2.24) is 0 Å². The molecule has 3 nitrogen and oxygen atoms in total. The van der Waals surface area contributed by atoms with E-state index in [0.717, 1.165) is 6.54 Å². The number of hydrogen-bond acceptors (Lipinski definition) is 3. The molecule has 0 aliphatic rings. The summed E-state index contributed by atoms with van der Waals surface area (Å²) in [6.45, 7) is 4.60. The molecule has 3 heteroatoms. The fourth-order valence-corrected chi connectivity index (χ4v) is 0.476. The molecule has 0 fully saturated rings. The second-order valence-corrected chi connectivity index (χ2v) is 1.81. The highest BCUT2D eigenvalue weighted by molar-refractivity contribution is 5.66. The molecule has 0 spiro atoms. The van der Waals surface area contributed by atoms with E-state index in [4.69, 9.17) is 0 Å². The molecule has 0 rings (SSSR count). The van der Waals surface area contributed by atoms with E-state index in [0.29, 0.717) is 13.0 Å². The molecule has 0 aromatic rings. The molecule has 0 aromatic carbocycles. The quantitative estimate of drug-likeness (QED) is 0.335. The highest BCUT2D eigenvalue weighted by Crippen LogP contribution is 1.80. The number of esters is 1. The zero-order chi connectivity index (χ0) is 7.82. The van der Waals surface area contributed by atoms with Crippen molar-refractivity contribution in [2.24, 2.45) is 4.99 Å². The molecule has 0 heterocycles. The summed E-state index contributed by atoms with van der Waals surface area (Å²) in [5.74, 6) is -0.232. The lowest BCUT2D eigenvalue weighted by atomic mass is 10.5. The summed E-state index contributed by atoms with van der Waals surface area (Å²) in [5.41, 5.74) is 0. The lowest BCUT2D eigenvalue weighted by Gasteiger charge is -1.95. The van der Waals surface area contributed by atoms with Crippen LogP contribution in [0.2, 0.25) is 0 Å². The van der Waals surface area contributed by atoms with E-state index in [9.17, 15) is 4.79 Å². The summed E-state index contributed by atoms with van der Waals surface area (Å²) in [4.78, 5) is 14.2. The van der Waals surface area contributed by atoms with Crippen LogP contribution in [0.4, 0.5) is 0 Å². The Labute approximate surface area is 61.1 Å². The molecule has 0 radical (unpaired) electrons. The smallest absolute Gasteiger partial charge is 0.302 e. The van der Waals surface area contributed by atoms with E-state index in [1.165, 1.54) is 6.92 Å². The monoisotopic (exact) mass is 143 g/mol. The van der Waals surface area contributed by atoms with Gasteiger partial charge in [0.1, 0.15) is 0 Å². The van der Waals surface area contributed by atoms with Crippen LogP contribution in [0.3, 0.4) is 0 Å². The van der Waals surface area contributed by atoms with Crippen LogP contribution in [0.5, 0.6) is 0 Å². The van der Waals surface area contributed by atoms with Crippen LogP contribution < -0.4 is 0 Å². The molecule has 0 amide bonds. The number of hydrogen-bond donors (Lipinski definition) is 0. The van der Waals surface area contributed by atoms with E-state index in [2.05, 4.69) is 9.73 Å². The molecule has 10 heavy (non-hydrogen) atoms. The summed E-state index contributed by atoms with van der Waals surface area (Å²) in [5, 5.41) is 0. The van der Waals surface area contributed by atoms with Crippen LogP contribution in [-0.2, 0) is 9.53 Å². The first-order valence-corrected chi connectivity index (χ1v) is 3.39. The summed E-state index contributed by atoms with van der Waals surface area (Å²) in [6.07, 6.45) is 2.48. The summed E-state index contributed by atoms with van der Waals surface area (Å²) >= 11 is 0. The number of rotatable bonds is 4. The zero-order valence-electron chi connectivity index (χ0n) is 6.46. The van der Waals surface area contributed by atoms with E-state index < -0.39 is 0 Å². The van der Waals surface area contributed by atoms with Gasteiger partial charge in [-0.1, -0.05) is 0 Å². The van der Waals surface area contributed by atoms with Gasteiger partial charge in [0.25, 0.3) is 0 Å². The largest absolute Gasteiger partial charge is 0.465 e. The maximum absolute atomic E-state index is 10.2. The number of nitrogens with zero attached hydrogens (tertiary/aromatic N) is 1. The first-order chi connectivity index (χ1) is 4.77. The average molecular weight is 143 g/mol. The van der Waals surface area contributed by atoms with Crippen LogP contribution >= 0.6 is 0 Å². The van der Waals surface area contributed by atoms with Gasteiger partial charge in [0.05, 0.1) is 6.61 Å². The molecular formula is C7H13NO2. The Balaban J connectivity index is 3.05. The molecule has 0 N–H and O–H groups in total. The second kappa shape index (κ2) is 6.26. The molecule has 0 bridgehead atoms. The third kappa shape index (κ3) is 7.14. The highest BCUT2D eigenvalue weighted by Gasteiger charge is 1.88. The minimum atomic E-state index is -0.232. The summed E-state index contributed by atoms with van der Waals surface area (Å²) < 4.78 is 4.66. The highest BCUT2D eigenvalue weighted by atomic mass is 16.5. The van der Waals surface area contributed by atoms with E-state index in [-0.39, 0.29) is 5.97 Å². The fraction of sp³-hybridized carbons (Fsp3) is 0.714. The lowest BCUT2D eigenvalue weighted by molar-refractivity contribution is -0.140. The molecule has 0 aliphatic carbocycles. The Morgan fingerprint density at radius 2 is 2.40 bits per heavy atom. The van der Waals surface area contributed by atoms with Crippen molar-refractivity contribution >= 4 is 12.2 Å². The predicted molar refractivity (Wildman–Crippen MR) is 40.3 cm³/mol. The minimum absolute atomic E-state index is 0.232. The number of aliphatic imine (C=N–C) groups is 1. The van der Waals surface area contributed by atoms with Crippen molar-refractivity contribution in [2.75, 3.05) is 13.2 Å². The van der Waals surface area contributed by atoms with Crippen molar-refractivity contribution in [2.45, 2.75) is 20.3 Å². The van der Waals surface area contributed by atoms with Gasteiger partial charge in [-0.25, -0.2) is 0 Å². The fourth-order valence-electron chi connectivity index (χ4n) is 0.476. The van der Waals surface area contributed by atoms with Crippen molar-refractivity contribution in [3.05, 3.63) is 0 Å². The van der Waals surface area contributed by atoms with E-state index in [1.54, 1.807) is 6.21 Å². The van der Waals surface area contributed by atoms with Gasteiger partial charge in [0, 0.05) is 26.1 Å². The van der Waals surface area contributed by atoms with Crippen molar-refractivity contribution in [3.8, 4) is 0 Å². The number of ether oxygens (including phenoxy) is 1. The molecule has 0 saturated heterocycles. The molecule has 0 aromatic heterocycles. The van der Waals surface area contributed by atoms with Crippen molar-refractivity contribution in [1.29, 1.82) is 0 Å². The van der Waals surface area contributed by atoms with Gasteiger partial charge >= 0.3 is 5.97 Å². The number of carbonyl (C=O) groups is 1. The Kier molecular flexibility index (Phi) is 5.72. The Morgan fingerprint density at radius 1 is 1.70 bits per heavy atom. The van der Waals surface area contributed by atoms with Gasteiger partial charge in [-0.3, -0.25) is 9.79 Å². The third-order valence-corrected chi connectivity index (χ3v) is 0.864. The van der Waals surface area contributed by atoms with Crippen LogP contribution in [0.25, 0.3) is 0 Å². The second-order valence-electron chi connectivity index (χ2n) is 1.81. The maximum atomic E-state index is 10.2. The van der Waals surface area contributed by atoms with Crippen LogP contribution in [0, 0.1) is 0 Å². The zero-order valence-corrected chi connectivity index (χ0v) is 6.46. The van der Waals surface area contributed by atoms with Gasteiger partial charge in [0.15, 0.2) is 0 Å². The topological polar surface area (TPSA) is 38.7 Å². The van der Waals surface area contributed by atoms with Crippen LogP contribution in [0.15, 0.2) is 4.99 Å². The Bertz CT molecular complexity index is 121. The molecule has 58 valence electrons. The van der Waals surface area contributed by atoms with Gasteiger partial charge in [-0.05, 0) is 6.92 Å². The molecule has 0 aliphatic heterocycles. The first kappa shape index (κ1) is 9.14. The van der Waals surface area contributed by atoms with Gasteiger partial charge < -0.3 is 4.74 Å². The molecular weight excluding hydrogens is 130 g/mol. The van der Waals surface area contributed by atoms with Gasteiger partial charge in [0.2, 0.25) is 0 Å². The van der Waals surface area contributed by atoms with E-state index in [1.807, 2.05) is 6.92 Å². The summed E-state index contributed by atoms with van der Waals surface area (Å²) in [7, 11) is 0. The maximum Gasteiger partial charge on any atom is 0.302 e. The van der Waals surface area contributed by atoms with Gasteiger partial charge in [-0.15, -0.1) is 0 Å². The SMILES string of the molecule is CCN=CCCOC(C)=O. The van der Waals surface area contributed by atoms with Crippen molar-refractivity contribution in [3.63, 3.8) is 0 Å². The molecule has 0 atom stereocenters.